The smallest absolute Gasteiger partial charge is 0.238 e. The lowest BCUT2D eigenvalue weighted by molar-refractivity contribution is 0.417. The molecule has 0 saturated carbocycles. The number of rotatable bonds is 4. The second-order valence-corrected chi connectivity index (χ2v) is 7.46. The highest BCUT2D eigenvalue weighted by Gasteiger charge is 2.21. The van der Waals surface area contributed by atoms with E-state index in [-0.39, 0.29) is 9.92 Å². The summed E-state index contributed by atoms with van der Waals surface area (Å²) in [6.07, 6.45) is 5.98. The van der Waals surface area contributed by atoms with E-state index in [9.17, 15) is 8.42 Å². The molecule has 0 aliphatic carbocycles. The summed E-state index contributed by atoms with van der Waals surface area (Å²) >= 11 is 5.96. The summed E-state index contributed by atoms with van der Waals surface area (Å²) in [4.78, 5) is 4.00. The van der Waals surface area contributed by atoms with E-state index in [1.54, 1.807) is 35.0 Å². The van der Waals surface area contributed by atoms with Gasteiger partial charge in [0.25, 0.3) is 0 Å². The van der Waals surface area contributed by atoms with Crippen molar-refractivity contribution in [3.8, 4) is 28.3 Å². The molecular formula is C16H11ClN6O3S. The molecule has 4 aromatic rings. The van der Waals surface area contributed by atoms with Gasteiger partial charge in [-0.05, 0) is 18.2 Å². The van der Waals surface area contributed by atoms with Gasteiger partial charge in [0.05, 0.1) is 4.90 Å². The highest BCUT2D eigenvalue weighted by Crippen LogP contribution is 2.35. The fraction of sp³-hybridized carbons (Fsp3) is 0. The lowest BCUT2D eigenvalue weighted by atomic mass is 10.0. The second-order valence-electron chi connectivity index (χ2n) is 5.49. The summed E-state index contributed by atoms with van der Waals surface area (Å²) in [7, 11) is -4.03. The van der Waals surface area contributed by atoms with E-state index < -0.39 is 10.0 Å². The van der Waals surface area contributed by atoms with Crippen molar-refractivity contribution in [1.82, 2.24) is 24.9 Å². The molecule has 4 rings (SSSR count). The topological polar surface area (TPSA) is 130 Å². The number of sulfonamides is 1. The van der Waals surface area contributed by atoms with E-state index in [4.69, 9.17) is 21.3 Å². The first-order valence-corrected chi connectivity index (χ1v) is 9.45. The predicted octanol–water partition coefficient (Wildman–Crippen LogP) is 2.29. The first-order valence-electron chi connectivity index (χ1n) is 7.53. The normalized spacial score (nSPS) is 11.6. The molecule has 0 bridgehead atoms. The zero-order valence-corrected chi connectivity index (χ0v) is 15.1. The predicted molar refractivity (Wildman–Crippen MR) is 96.5 cm³/mol. The van der Waals surface area contributed by atoms with Crippen LogP contribution in [0.4, 0.5) is 0 Å². The molecule has 3 aromatic heterocycles. The van der Waals surface area contributed by atoms with Crippen LogP contribution in [0.25, 0.3) is 28.3 Å². The SMILES string of the molecule is NS(=O)(=O)c1cc(Cl)ccc1-c1cnccc1-c1nncn1-c1ccon1. The third-order valence-corrected chi connectivity index (χ3v) is 5.01. The van der Waals surface area contributed by atoms with Gasteiger partial charge < -0.3 is 4.52 Å². The number of hydrogen-bond donors (Lipinski definition) is 1. The van der Waals surface area contributed by atoms with Gasteiger partial charge in [-0.2, -0.15) is 0 Å². The molecule has 2 N–H and O–H groups in total. The van der Waals surface area contributed by atoms with E-state index in [2.05, 4.69) is 20.3 Å². The van der Waals surface area contributed by atoms with Crippen molar-refractivity contribution in [1.29, 1.82) is 0 Å². The first-order chi connectivity index (χ1) is 12.9. The van der Waals surface area contributed by atoms with E-state index in [0.29, 0.717) is 28.3 Å². The van der Waals surface area contributed by atoms with Crippen molar-refractivity contribution in [3.63, 3.8) is 0 Å². The van der Waals surface area contributed by atoms with Gasteiger partial charge >= 0.3 is 0 Å². The molecule has 0 spiro atoms. The van der Waals surface area contributed by atoms with E-state index >= 15 is 0 Å². The number of pyridine rings is 1. The van der Waals surface area contributed by atoms with Crippen LogP contribution in [0.2, 0.25) is 5.02 Å². The van der Waals surface area contributed by atoms with Crippen LogP contribution < -0.4 is 5.14 Å². The fourth-order valence-electron chi connectivity index (χ4n) is 2.67. The van der Waals surface area contributed by atoms with Gasteiger partial charge in [0.2, 0.25) is 10.0 Å². The Balaban J connectivity index is 1.97. The minimum Gasteiger partial charge on any atom is -0.363 e. The molecule has 0 amide bonds. The molecule has 0 aliphatic rings. The first kappa shape index (κ1) is 17.3. The third kappa shape index (κ3) is 3.21. The summed E-state index contributed by atoms with van der Waals surface area (Å²) < 4.78 is 30.6. The quantitative estimate of drug-likeness (QED) is 0.554. The summed E-state index contributed by atoms with van der Waals surface area (Å²) in [5.74, 6) is 0.900. The molecule has 0 atom stereocenters. The van der Waals surface area contributed by atoms with Gasteiger partial charge in [0, 0.05) is 40.2 Å². The molecule has 0 saturated heterocycles. The van der Waals surface area contributed by atoms with Crippen molar-refractivity contribution in [2.75, 3.05) is 0 Å². The Kier molecular flexibility index (Phi) is 4.22. The summed E-state index contributed by atoms with van der Waals surface area (Å²) in [6.45, 7) is 0. The Morgan fingerprint density at radius 3 is 2.70 bits per heavy atom. The Bertz CT molecular complexity index is 1220. The van der Waals surface area contributed by atoms with Crippen LogP contribution in [0.1, 0.15) is 0 Å². The summed E-state index contributed by atoms with van der Waals surface area (Å²) in [5.41, 5.74) is 1.42. The number of primary sulfonamides is 1. The highest BCUT2D eigenvalue weighted by atomic mass is 35.5. The molecule has 0 unspecified atom stereocenters. The van der Waals surface area contributed by atoms with Crippen LogP contribution in [-0.4, -0.2) is 33.3 Å². The van der Waals surface area contributed by atoms with Crippen molar-refractivity contribution < 1.29 is 12.9 Å². The van der Waals surface area contributed by atoms with Crippen LogP contribution in [0.3, 0.4) is 0 Å². The molecule has 11 heteroatoms. The Labute approximate surface area is 158 Å². The number of benzene rings is 1. The Morgan fingerprint density at radius 2 is 1.96 bits per heavy atom. The average Bonchev–Trinajstić information content (AvgIpc) is 3.32. The number of hydrogen-bond acceptors (Lipinski definition) is 7. The van der Waals surface area contributed by atoms with Crippen LogP contribution in [0.5, 0.6) is 0 Å². The van der Waals surface area contributed by atoms with Crippen LogP contribution in [-0.2, 0) is 10.0 Å². The zero-order valence-electron chi connectivity index (χ0n) is 13.5. The van der Waals surface area contributed by atoms with Gasteiger partial charge in [0.1, 0.15) is 12.6 Å². The maximum Gasteiger partial charge on any atom is 0.238 e. The molecule has 27 heavy (non-hydrogen) atoms. The maximum atomic E-state index is 12.1. The molecule has 136 valence electrons. The number of halogens is 1. The molecule has 9 nitrogen and oxygen atoms in total. The summed E-state index contributed by atoms with van der Waals surface area (Å²) in [6, 6.07) is 7.78. The van der Waals surface area contributed by atoms with Crippen molar-refractivity contribution >= 4 is 21.6 Å². The van der Waals surface area contributed by atoms with Gasteiger partial charge in [-0.1, -0.05) is 22.8 Å². The van der Waals surface area contributed by atoms with Gasteiger partial charge in [-0.3, -0.25) is 9.55 Å². The largest absolute Gasteiger partial charge is 0.363 e. The highest BCUT2D eigenvalue weighted by molar-refractivity contribution is 7.89. The number of nitrogens with two attached hydrogens (primary N) is 1. The number of aromatic nitrogens is 5. The minimum absolute atomic E-state index is 0.114. The lowest BCUT2D eigenvalue weighted by Gasteiger charge is -2.12. The number of nitrogens with zero attached hydrogens (tertiary/aromatic N) is 5. The lowest BCUT2D eigenvalue weighted by Crippen LogP contribution is -2.13. The molecule has 0 fully saturated rings. The van der Waals surface area contributed by atoms with Crippen LogP contribution >= 0.6 is 11.6 Å². The molecule has 0 radical (unpaired) electrons. The van der Waals surface area contributed by atoms with Crippen molar-refractivity contribution in [2.24, 2.45) is 5.14 Å². The minimum atomic E-state index is -4.03. The zero-order chi connectivity index (χ0) is 19.0. The van der Waals surface area contributed by atoms with Crippen LogP contribution in [0, 0.1) is 0 Å². The second kappa shape index (κ2) is 6.58. The maximum absolute atomic E-state index is 12.1. The molecule has 0 aliphatic heterocycles. The van der Waals surface area contributed by atoms with Crippen molar-refractivity contribution in [3.05, 3.63) is 60.3 Å². The van der Waals surface area contributed by atoms with Gasteiger partial charge in [0.15, 0.2) is 11.6 Å². The van der Waals surface area contributed by atoms with E-state index in [1.807, 2.05) is 0 Å². The third-order valence-electron chi connectivity index (χ3n) is 3.82. The summed E-state index contributed by atoms with van der Waals surface area (Å²) in [5, 5.41) is 17.6. The van der Waals surface area contributed by atoms with Crippen molar-refractivity contribution in [2.45, 2.75) is 4.90 Å². The molecule has 3 heterocycles. The van der Waals surface area contributed by atoms with E-state index in [1.165, 1.54) is 24.9 Å². The van der Waals surface area contributed by atoms with Crippen LogP contribution in [0.15, 0.2) is 64.7 Å². The van der Waals surface area contributed by atoms with Gasteiger partial charge in [-0.15, -0.1) is 10.2 Å². The Hall–Kier alpha value is -3.08. The van der Waals surface area contributed by atoms with Gasteiger partial charge in [-0.25, -0.2) is 13.6 Å². The average molecular weight is 403 g/mol. The van der Waals surface area contributed by atoms with E-state index in [0.717, 1.165) is 0 Å². The monoisotopic (exact) mass is 402 g/mol. The Morgan fingerprint density at radius 1 is 1.11 bits per heavy atom. The fourth-order valence-corrected chi connectivity index (χ4v) is 3.69. The standard InChI is InChI=1S/C16H11ClN6O3S/c17-10-1-2-11(14(7-10)27(18,24)25)13-8-19-5-3-12(13)16-21-20-9-23(16)15-4-6-26-22-15/h1-9H,(H2,18,24,25). The molecule has 1 aromatic carbocycles. The molecular weight excluding hydrogens is 392 g/mol.